The van der Waals surface area contributed by atoms with E-state index in [0.29, 0.717) is 0 Å². The number of aromatic carboxylic acids is 1. The van der Waals surface area contributed by atoms with Gasteiger partial charge in [0.25, 0.3) is 0 Å². The van der Waals surface area contributed by atoms with Crippen LogP contribution in [0.25, 0.3) is 10.6 Å². The van der Waals surface area contributed by atoms with Gasteiger partial charge in [-0.2, -0.15) is 0 Å². The van der Waals surface area contributed by atoms with Gasteiger partial charge >= 0.3 is 5.97 Å². The molecule has 0 bridgehead atoms. The average Bonchev–Trinajstić information content (AvgIpc) is 2.78. The second kappa shape index (κ2) is 4.40. The Morgan fingerprint density at radius 3 is 3.00 bits per heavy atom. The Bertz CT molecular complexity index is 522. The molecule has 0 aliphatic carbocycles. The van der Waals surface area contributed by atoms with Crippen LogP contribution in [0, 0.1) is 0 Å². The summed E-state index contributed by atoms with van der Waals surface area (Å²) >= 11 is 1.33. The van der Waals surface area contributed by atoms with E-state index in [-0.39, 0.29) is 5.69 Å². The predicted octanol–water partition coefficient (Wildman–Crippen LogP) is 2.47. The number of aromatic nitrogens is 2. The molecule has 0 radical (unpaired) electrons. The third kappa shape index (κ3) is 2.09. The Kier molecular flexibility index (Phi) is 2.96. The fourth-order valence-corrected chi connectivity index (χ4v) is 2.10. The summed E-state index contributed by atoms with van der Waals surface area (Å²) in [4.78, 5) is 18.9. The van der Waals surface area contributed by atoms with Gasteiger partial charge < -0.3 is 5.11 Å². The van der Waals surface area contributed by atoms with Gasteiger partial charge in [-0.25, -0.2) is 9.78 Å². The summed E-state index contributed by atoms with van der Waals surface area (Å²) in [5.74, 6) is -0.993. The van der Waals surface area contributed by atoms with Gasteiger partial charge in [0.2, 0.25) is 0 Å². The molecule has 0 spiro atoms. The molecule has 82 valence electrons. The van der Waals surface area contributed by atoms with E-state index in [1.807, 2.05) is 19.1 Å². The highest BCUT2D eigenvalue weighted by molar-refractivity contribution is 7.13. The number of carbonyl (C=O) groups is 1. The first-order chi connectivity index (χ1) is 7.70. The fourth-order valence-electron chi connectivity index (χ4n) is 1.31. The second-order valence-electron chi connectivity index (χ2n) is 3.23. The van der Waals surface area contributed by atoms with E-state index in [0.717, 1.165) is 22.7 Å². The van der Waals surface area contributed by atoms with E-state index in [9.17, 15) is 4.79 Å². The van der Waals surface area contributed by atoms with Crippen LogP contribution in [0.5, 0.6) is 0 Å². The van der Waals surface area contributed by atoms with Crippen LogP contribution in [-0.4, -0.2) is 21.0 Å². The van der Waals surface area contributed by atoms with Crippen molar-refractivity contribution >= 4 is 17.3 Å². The zero-order valence-electron chi connectivity index (χ0n) is 8.67. The summed E-state index contributed by atoms with van der Waals surface area (Å²) < 4.78 is 0. The summed E-state index contributed by atoms with van der Waals surface area (Å²) in [5.41, 5.74) is 1.99. The van der Waals surface area contributed by atoms with E-state index < -0.39 is 5.97 Å². The topological polar surface area (TPSA) is 63.1 Å². The van der Waals surface area contributed by atoms with Crippen LogP contribution in [0.1, 0.15) is 23.1 Å². The quantitative estimate of drug-likeness (QED) is 0.886. The lowest BCUT2D eigenvalue weighted by Crippen LogP contribution is -1.95. The van der Waals surface area contributed by atoms with Gasteiger partial charge in [0.15, 0.2) is 5.69 Å². The maximum absolute atomic E-state index is 10.7. The number of carboxylic acids is 1. The van der Waals surface area contributed by atoms with Crippen LogP contribution >= 0.6 is 11.3 Å². The Morgan fingerprint density at radius 1 is 1.56 bits per heavy atom. The van der Waals surface area contributed by atoms with E-state index in [4.69, 9.17) is 5.11 Å². The van der Waals surface area contributed by atoms with Gasteiger partial charge in [0.1, 0.15) is 5.01 Å². The molecule has 2 heterocycles. The van der Waals surface area contributed by atoms with Crippen molar-refractivity contribution in [1.82, 2.24) is 9.97 Å². The molecule has 0 aromatic carbocycles. The number of rotatable bonds is 3. The smallest absolute Gasteiger partial charge is 0.355 e. The van der Waals surface area contributed by atoms with Crippen molar-refractivity contribution in [3.8, 4) is 10.6 Å². The molecular weight excluding hydrogens is 224 g/mol. The summed E-state index contributed by atoms with van der Waals surface area (Å²) in [7, 11) is 0. The van der Waals surface area contributed by atoms with E-state index in [1.54, 1.807) is 11.6 Å². The highest BCUT2D eigenvalue weighted by Gasteiger charge is 2.10. The molecule has 5 heteroatoms. The first-order valence-corrected chi connectivity index (χ1v) is 5.72. The molecule has 0 atom stereocenters. The predicted molar refractivity (Wildman–Crippen MR) is 61.7 cm³/mol. The van der Waals surface area contributed by atoms with Crippen LogP contribution in [0.4, 0.5) is 0 Å². The van der Waals surface area contributed by atoms with Crippen molar-refractivity contribution in [2.45, 2.75) is 13.3 Å². The molecule has 0 aliphatic heterocycles. The second-order valence-corrected chi connectivity index (χ2v) is 4.09. The van der Waals surface area contributed by atoms with Gasteiger partial charge in [0.05, 0.1) is 0 Å². The molecule has 2 rings (SSSR count). The van der Waals surface area contributed by atoms with Crippen LogP contribution in [0.3, 0.4) is 0 Å². The van der Waals surface area contributed by atoms with Crippen molar-refractivity contribution < 1.29 is 9.90 Å². The van der Waals surface area contributed by atoms with E-state index >= 15 is 0 Å². The van der Waals surface area contributed by atoms with Crippen LogP contribution in [-0.2, 0) is 6.42 Å². The number of hydrogen-bond acceptors (Lipinski definition) is 4. The summed E-state index contributed by atoms with van der Waals surface area (Å²) in [5, 5.41) is 11.0. The average molecular weight is 234 g/mol. The maximum atomic E-state index is 10.7. The minimum absolute atomic E-state index is 0.0925. The summed E-state index contributed by atoms with van der Waals surface area (Å²) in [6, 6.07) is 3.77. The van der Waals surface area contributed by atoms with Crippen molar-refractivity contribution in [1.29, 1.82) is 0 Å². The van der Waals surface area contributed by atoms with Gasteiger partial charge in [-0.1, -0.05) is 6.92 Å². The highest BCUT2D eigenvalue weighted by Crippen LogP contribution is 2.23. The largest absolute Gasteiger partial charge is 0.476 e. The van der Waals surface area contributed by atoms with Gasteiger partial charge in [-0.05, 0) is 18.6 Å². The first kappa shape index (κ1) is 10.8. The standard InChI is InChI=1S/C11H10N2O2S/c1-2-8-5-7(3-4-12-8)10-13-9(6-16-10)11(14)15/h3-6H,2H2,1H3,(H,14,15). The van der Waals surface area contributed by atoms with Crippen molar-refractivity contribution in [2.75, 3.05) is 0 Å². The zero-order chi connectivity index (χ0) is 11.5. The number of nitrogens with zero attached hydrogens (tertiary/aromatic N) is 2. The Morgan fingerprint density at radius 2 is 2.38 bits per heavy atom. The lowest BCUT2D eigenvalue weighted by Gasteiger charge is -1.98. The van der Waals surface area contributed by atoms with Gasteiger partial charge in [-0.3, -0.25) is 4.98 Å². The normalized spacial score (nSPS) is 10.3. The Hall–Kier alpha value is -1.75. The third-order valence-electron chi connectivity index (χ3n) is 2.15. The first-order valence-electron chi connectivity index (χ1n) is 4.85. The summed E-state index contributed by atoms with van der Waals surface area (Å²) in [6.45, 7) is 2.02. The Balaban J connectivity index is 2.38. The molecular formula is C11H10N2O2S. The van der Waals surface area contributed by atoms with Gasteiger partial charge in [0, 0.05) is 22.8 Å². The molecule has 0 saturated carbocycles. The Labute approximate surface area is 96.6 Å². The van der Waals surface area contributed by atoms with Crippen molar-refractivity contribution in [2.24, 2.45) is 0 Å². The molecule has 4 nitrogen and oxygen atoms in total. The highest BCUT2D eigenvalue weighted by atomic mass is 32.1. The number of pyridine rings is 1. The van der Waals surface area contributed by atoms with Crippen molar-refractivity contribution in [3.05, 3.63) is 35.1 Å². The molecule has 0 unspecified atom stereocenters. The van der Waals surface area contributed by atoms with E-state index in [2.05, 4.69) is 9.97 Å². The van der Waals surface area contributed by atoms with Crippen molar-refractivity contribution in [3.63, 3.8) is 0 Å². The number of thiazole rings is 1. The van der Waals surface area contributed by atoms with E-state index in [1.165, 1.54) is 11.3 Å². The van der Waals surface area contributed by atoms with Crippen LogP contribution in [0.2, 0.25) is 0 Å². The molecule has 2 aromatic rings. The molecule has 0 saturated heterocycles. The lowest BCUT2D eigenvalue weighted by atomic mass is 10.2. The molecule has 0 amide bonds. The van der Waals surface area contributed by atoms with Crippen LogP contribution in [0.15, 0.2) is 23.7 Å². The minimum atomic E-state index is -0.993. The molecule has 0 fully saturated rings. The number of hydrogen-bond donors (Lipinski definition) is 1. The van der Waals surface area contributed by atoms with Crippen LogP contribution < -0.4 is 0 Å². The third-order valence-corrected chi connectivity index (χ3v) is 3.04. The molecule has 16 heavy (non-hydrogen) atoms. The monoisotopic (exact) mass is 234 g/mol. The molecule has 2 aromatic heterocycles. The molecule has 0 aliphatic rings. The molecule has 1 N–H and O–H groups in total. The SMILES string of the molecule is CCc1cc(-c2nc(C(=O)O)cs2)ccn1. The number of carboxylic acid groups (broad SMARTS) is 1. The number of aryl methyl sites for hydroxylation is 1. The zero-order valence-corrected chi connectivity index (χ0v) is 9.49. The minimum Gasteiger partial charge on any atom is -0.476 e. The summed E-state index contributed by atoms with van der Waals surface area (Å²) in [6.07, 6.45) is 2.57. The van der Waals surface area contributed by atoms with Gasteiger partial charge in [-0.15, -0.1) is 11.3 Å². The maximum Gasteiger partial charge on any atom is 0.355 e. The lowest BCUT2D eigenvalue weighted by molar-refractivity contribution is 0.0691. The fraction of sp³-hybridized carbons (Fsp3) is 0.182.